The predicted octanol–water partition coefficient (Wildman–Crippen LogP) is 2.56. The number of hydrogen-bond acceptors (Lipinski definition) is 3. The van der Waals surface area contributed by atoms with E-state index in [0.717, 1.165) is 44.0 Å². The van der Waals surface area contributed by atoms with Gasteiger partial charge >= 0.3 is 5.97 Å². The molecule has 0 radical (unpaired) electrons. The van der Waals surface area contributed by atoms with Gasteiger partial charge in [0.05, 0.1) is 0 Å². The van der Waals surface area contributed by atoms with Gasteiger partial charge in [-0.25, -0.2) is 4.79 Å². The van der Waals surface area contributed by atoms with Gasteiger partial charge in [0.15, 0.2) is 0 Å². The van der Waals surface area contributed by atoms with Gasteiger partial charge in [-0.15, -0.1) is 0 Å². The highest BCUT2D eigenvalue weighted by Gasteiger charge is 2.18. The van der Waals surface area contributed by atoms with Gasteiger partial charge in [0, 0.05) is 44.5 Å². The normalized spacial score (nSPS) is 16.8. The molecule has 4 nitrogen and oxygen atoms in total. The van der Waals surface area contributed by atoms with E-state index < -0.39 is 5.97 Å². The van der Waals surface area contributed by atoms with Crippen molar-refractivity contribution in [3.8, 4) is 0 Å². The zero-order chi connectivity index (χ0) is 15.2. The number of aliphatic carboxylic acids is 1. The van der Waals surface area contributed by atoms with E-state index in [1.165, 1.54) is 6.08 Å². The molecule has 21 heavy (non-hydrogen) atoms. The number of carbonyl (C=O) groups is 1. The average molecular weight is 288 g/mol. The molecule has 0 saturated carbocycles. The number of anilines is 1. The molecule has 1 N–H and O–H groups in total. The van der Waals surface area contributed by atoms with Crippen molar-refractivity contribution in [2.75, 3.05) is 37.6 Å². The zero-order valence-electron chi connectivity index (χ0n) is 12.8. The van der Waals surface area contributed by atoms with Crippen molar-refractivity contribution < 1.29 is 9.90 Å². The van der Waals surface area contributed by atoms with Gasteiger partial charge in [0.25, 0.3) is 0 Å². The average Bonchev–Trinajstić information content (AvgIpc) is 2.46. The first kappa shape index (κ1) is 15.6. The second-order valence-electron chi connectivity index (χ2n) is 5.91. The fourth-order valence-corrected chi connectivity index (χ4v) is 2.77. The topological polar surface area (TPSA) is 43.8 Å². The monoisotopic (exact) mass is 288 g/mol. The minimum absolute atomic E-state index is 0.697. The van der Waals surface area contributed by atoms with E-state index in [1.807, 2.05) is 18.2 Å². The maximum atomic E-state index is 10.7. The highest BCUT2D eigenvalue weighted by molar-refractivity contribution is 5.87. The van der Waals surface area contributed by atoms with Crippen LogP contribution in [0.4, 0.5) is 5.69 Å². The Balaban J connectivity index is 2.05. The van der Waals surface area contributed by atoms with E-state index >= 15 is 0 Å². The molecule has 4 heteroatoms. The Bertz CT molecular complexity index is 503. The molecule has 1 saturated heterocycles. The Kier molecular flexibility index (Phi) is 5.39. The molecule has 114 valence electrons. The molecule has 1 aromatic carbocycles. The second kappa shape index (κ2) is 7.27. The molecule has 0 aliphatic carbocycles. The SMILES string of the molecule is CC(C)CN1CCN(c2ccccc2C=CC(=O)O)CC1. The van der Waals surface area contributed by atoms with Crippen molar-refractivity contribution in [2.24, 2.45) is 5.92 Å². The molecule has 1 aliphatic rings. The van der Waals surface area contributed by atoms with Gasteiger partial charge in [-0.05, 0) is 23.6 Å². The summed E-state index contributed by atoms with van der Waals surface area (Å²) in [6.45, 7) is 9.75. The molecule has 1 aliphatic heterocycles. The van der Waals surface area contributed by atoms with Gasteiger partial charge in [-0.2, -0.15) is 0 Å². The molecule has 0 unspecified atom stereocenters. The summed E-state index contributed by atoms with van der Waals surface area (Å²) >= 11 is 0. The van der Waals surface area contributed by atoms with Crippen molar-refractivity contribution >= 4 is 17.7 Å². The number of nitrogens with zero attached hydrogens (tertiary/aromatic N) is 2. The quantitative estimate of drug-likeness (QED) is 0.846. The summed E-state index contributed by atoms with van der Waals surface area (Å²) < 4.78 is 0. The number of carboxylic acids is 1. The number of para-hydroxylation sites is 1. The maximum absolute atomic E-state index is 10.7. The summed E-state index contributed by atoms with van der Waals surface area (Å²) in [5.74, 6) is -0.214. The Morgan fingerprint density at radius 3 is 2.52 bits per heavy atom. The van der Waals surface area contributed by atoms with Crippen molar-refractivity contribution in [3.05, 3.63) is 35.9 Å². The van der Waals surface area contributed by atoms with Crippen LogP contribution in [0.25, 0.3) is 6.08 Å². The predicted molar refractivity (Wildman–Crippen MR) is 86.6 cm³/mol. The smallest absolute Gasteiger partial charge is 0.328 e. The highest BCUT2D eigenvalue weighted by Crippen LogP contribution is 2.23. The van der Waals surface area contributed by atoms with Crippen LogP contribution in [0.15, 0.2) is 30.3 Å². The molecular weight excluding hydrogens is 264 g/mol. The summed E-state index contributed by atoms with van der Waals surface area (Å²) in [5.41, 5.74) is 2.09. The van der Waals surface area contributed by atoms with Crippen LogP contribution in [-0.2, 0) is 4.79 Å². The minimum Gasteiger partial charge on any atom is -0.478 e. The first-order chi connectivity index (χ1) is 10.1. The summed E-state index contributed by atoms with van der Waals surface area (Å²) in [6.07, 6.45) is 2.88. The summed E-state index contributed by atoms with van der Waals surface area (Å²) in [4.78, 5) is 15.5. The van der Waals surface area contributed by atoms with Crippen LogP contribution >= 0.6 is 0 Å². The lowest BCUT2D eigenvalue weighted by Crippen LogP contribution is -2.47. The number of piperazine rings is 1. The molecule has 0 amide bonds. The Morgan fingerprint density at radius 2 is 1.90 bits per heavy atom. The summed E-state index contributed by atoms with van der Waals surface area (Å²) in [6, 6.07) is 7.99. The van der Waals surface area contributed by atoms with E-state index in [2.05, 4.69) is 29.7 Å². The maximum Gasteiger partial charge on any atom is 0.328 e. The van der Waals surface area contributed by atoms with E-state index in [-0.39, 0.29) is 0 Å². The standard InChI is InChI=1S/C17H24N2O2/c1-14(2)13-18-9-11-19(12-10-18)16-6-4-3-5-15(16)7-8-17(20)21/h3-8,14H,9-13H2,1-2H3,(H,20,21). The van der Waals surface area contributed by atoms with Gasteiger partial charge in [0.2, 0.25) is 0 Å². The molecular formula is C17H24N2O2. The van der Waals surface area contributed by atoms with E-state index in [1.54, 1.807) is 6.08 Å². The molecule has 1 heterocycles. The van der Waals surface area contributed by atoms with Crippen LogP contribution < -0.4 is 4.90 Å². The molecule has 1 fully saturated rings. The van der Waals surface area contributed by atoms with Crippen LogP contribution in [0.5, 0.6) is 0 Å². The Hall–Kier alpha value is -1.81. The molecule has 1 aromatic rings. The van der Waals surface area contributed by atoms with E-state index in [0.29, 0.717) is 5.92 Å². The number of rotatable bonds is 5. The molecule has 0 aromatic heterocycles. The lowest BCUT2D eigenvalue weighted by atomic mass is 10.1. The minimum atomic E-state index is -0.911. The molecule has 0 spiro atoms. The molecule has 0 atom stereocenters. The van der Waals surface area contributed by atoms with Gasteiger partial charge in [0.1, 0.15) is 0 Å². The zero-order valence-corrected chi connectivity index (χ0v) is 12.8. The third kappa shape index (κ3) is 4.60. The van der Waals surface area contributed by atoms with Gasteiger partial charge in [-0.3, -0.25) is 4.90 Å². The fourth-order valence-electron chi connectivity index (χ4n) is 2.77. The lowest BCUT2D eigenvalue weighted by molar-refractivity contribution is -0.131. The van der Waals surface area contributed by atoms with Crippen LogP contribution in [0.1, 0.15) is 19.4 Å². The number of hydrogen-bond donors (Lipinski definition) is 1. The lowest BCUT2D eigenvalue weighted by Gasteiger charge is -2.37. The molecule has 0 bridgehead atoms. The Labute approximate surface area is 126 Å². The highest BCUT2D eigenvalue weighted by atomic mass is 16.4. The Morgan fingerprint density at radius 1 is 1.24 bits per heavy atom. The van der Waals surface area contributed by atoms with E-state index in [4.69, 9.17) is 5.11 Å². The molecule has 2 rings (SSSR count). The third-order valence-corrected chi connectivity index (χ3v) is 3.68. The first-order valence-electron chi connectivity index (χ1n) is 7.53. The number of benzene rings is 1. The summed E-state index contributed by atoms with van der Waals surface area (Å²) in [5, 5.41) is 8.79. The number of carboxylic acid groups (broad SMARTS) is 1. The van der Waals surface area contributed by atoms with Gasteiger partial charge < -0.3 is 10.0 Å². The van der Waals surface area contributed by atoms with Crippen LogP contribution in [0.2, 0.25) is 0 Å². The van der Waals surface area contributed by atoms with Crippen molar-refractivity contribution in [1.82, 2.24) is 4.90 Å². The van der Waals surface area contributed by atoms with Crippen molar-refractivity contribution in [3.63, 3.8) is 0 Å². The summed E-state index contributed by atoms with van der Waals surface area (Å²) in [7, 11) is 0. The van der Waals surface area contributed by atoms with Gasteiger partial charge in [-0.1, -0.05) is 32.0 Å². The largest absolute Gasteiger partial charge is 0.478 e. The van der Waals surface area contributed by atoms with Crippen molar-refractivity contribution in [1.29, 1.82) is 0 Å². The fraction of sp³-hybridized carbons (Fsp3) is 0.471. The third-order valence-electron chi connectivity index (χ3n) is 3.68. The second-order valence-corrected chi connectivity index (χ2v) is 5.91. The van der Waals surface area contributed by atoms with Crippen LogP contribution in [-0.4, -0.2) is 48.7 Å². The first-order valence-corrected chi connectivity index (χ1v) is 7.53. The van der Waals surface area contributed by atoms with Crippen molar-refractivity contribution in [2.45, 2.75) is 13.8 Å². The van der Waals surface area contributed by atoms with Crippen LogP contribution in [0, 0.1) is 5.92 Å². The van der Waals surface area contributed by atoms with E-state index in [9.17, 15) is 4.79 Å². The van der Waals surface area contributed by atoms with Crippen LogP contribution in [0.3, 0.4) is 0 Å².